The molecule has 2 rings (SSSR count). The molecule has 6 nitrogen and oxygen atoms in total. The van der Waals surface area contributed by atoms with Crippen LogP contribution in [0.1, 0.15) is 6.92 Å². The summed E-state index contributed by atoms with van der Waals surface area (Å²) in [5, 5.41) is 0. The average molecular weight is 332 g/mol. The normalized spacial score (nSPS) is 13.6. The second-order valence-corrected chi connectivity index (χ2v) is 8.82. The van der Waals surface area contributed by atoms with Crippen molar-refractivity contribution in [1.29, 1.82) is 0 Å². The lowest BCUT2D eigenvalue weighted by Gasteiger charge is -2.25. The first-order chi connectivity index (χ1) is 9.31. The predicted octanol–water partition coefficient (Wildman–Crippen LogP) is 1.68. The standard InChI is InChI=1S/C11H16N4O2S3/c1-7(5-20(4,16)17)15(2)10-8-9(12-6-13-10)14-11(18-3)19-8/h6-7H,5H2,1-4H3. The summed E-state index contributed by atoms with van der Waals surface area (Å²) in [5.74, 6) is 0.812. The molecular weight excluding hydrogens is 316 g/mol. The van der Waals surface area contributed by atoms with Crippen molar-refractivity contribution in [1.82, 2.24) is 15.0 Å². The Labute approximate surface area is 126 Å². The van der Waals surface area contributed by atoms with Gasteiger partial charge in [0.15, 0.2) is 15.8 Å². The highest BCUT2D eigenvalue weighted by Crippen LogP contribution is 2.32. The van der Waals surface area contributed by atoms with Crippen LogP contribution in [0.3, 0.4) is 0 Å². The van der Waals surface area contributed by atoms with Crippen LogP contribution in [0.4, 0.5) is 5.82 Å². The van der Waals surface area contributed by atoms with Crippen LogP contribution in [-0.2, 0) is 9.84 Å². The van der Waals surface area contributed by atoms with E-state index in [0.29, 0.717) is 5.65 Å². The van der Waals surface area contributed by atoms with E-state index in [4.69, 9.17) is 0 Å². The zero-order valence-electron chi connectivity index (χ0n) is 11.7. The first-order valence-electron chi connectivity index (χ1n) is 5.88. The van der Waals surface area contributed by atoms with E-state index in [1.807, 2.05) is 25.1 Å². The third kappa shape index (κ3) is 3.39. The van der Waals surface area contributed by atoms with E-state index in [9.17, 15) is 8.42 Å². The van der Waals surface area contributed by atoms with E-state index in [2.05, 4.69) is 15.0 Å². The fourth-order valence-corrected chi connectivity index (χ4v) is 4.47. The van der Waals surface area contributed by atoms with Crippen molar-refractivity contribution in [2.45, 2.75) is 17.3 Å². The Balaban J connectivity index is 2.39. The molecule has 0 radical (unpaired) electrons. The summed E-state index contributed by atoms with van der Waals surface area (Å²) in [6.07, 6.45) is 4.66. The van der Waals surface area contributed by atoms with Gasteiger partial charge < -0.3 is 4.90 Å². The lowest BCUT2D eigenvalue weighted by molar-refractivity contribution is 0.593. The topological polar surface area (TPSA) is 76.1 Å². The van der Waals surface area contributed by atoms with Gasteiger partial charge in [0.1, 0.15) is 20.9 Å². The molecule has 1 unspecified atom stereocenters. The van der Waals surface area contributed by atoms with E-state index < -0.39 is 9.84 Å². The van der Waals surface area contributed by atoms with Crippen molar-refractivity contribution in [2.75, 3.05) is 30.2 Å². The van der Waals surface area contributed by atoms with Crippen LogP contribution in [0.2, 0.25) is 0 Å². The molecular formula is C11H16N4O2S3. The molecule has 0 aromatic carbocycles. The van der Waals surface area contributed by atoms with Gasteiger partial charge in [0.25, 0.3) is 0 Å². The summed E-state index contributed by atoms with van der Waals surface area (Å²) in [6.45, 7) is 1.87. The van der Waals surface area contributed by atoms with Crippen molar-refractivity contribution in [3.8, 4) is 0 Å². The molecule has 110 valence electrons. The Morgan fingerprint density at radius 2 is 2.15 bits per heavy atom. The number of anilines is 1. The maximum absolute atomic E-state index is 11.4. The summed E-state index contributed by atoms with van der Waals surface area (Å²) in [4.78, 5) is 14.7. The SMILES string of the molecule is CSc1nc2ncnc(N(C)C(C)CS(C)(=O)=O)c2s1. The van der Waals surface area contributed by atoms with Crippen molar-refractivity contribution >= 4 is 49.1 Å². The van der Waals surface area contributed by atoms with Gasteiger partial charge >= 0.3 is 0 Å². The number of thiazole rings is 1. The van der Waals surface area contributed by atoms with Gasteiger partial charge in [-0.2, -0.15) is 0 Å². The van der Waals surface area contributed by atoms with Gasteiger partial charge in [-0.05, 0) is 13.2 Å². The molecule has 9 heteroatoms. The third-order valence-corrected chi connectivity index (χ3v) is 5.98. The van der Waals surface area contributed by atoms with E-state index in [1.165, 1.54) is 23.9 Å². The highest BCUT2D eigenvalue weighted by molar-refractivity contribution is 8.00. The van der Waals surface area contributed by atoms with Gasteiger partial charge in [-0.1, -0.05) is 11.8 Å². The quantitative estimate of drug-likeness (QED) is 0.771. The molecule has 0 N–H and O–H groups in total. The Morgan fingerprint density at radius 1 is 1.45 bits per heavy atom. The van der Waals surface area contributed by atoms with Crippen LogP contribution >= 0.6 is 23.1 Å². The fourth-order valence-electron chi connectivity index (χ4n) is 1.82. The molecule has 0 saturated carbocycles. The van der Waals surface area contributed by atoms with Crippen LogP contribution < -0.4 is 4.90 Å². The fraction of sp³-hybridized carbons (Fsp3) is 0.545. The second-order valence-electron chi connectivity index (χ2n) is 4.59. The number of thioether (sulfide) groups is 1. The molecule has 0 bridgehead atoms. The van der Waals surface area contributed by atoms with Gasteiger partial charge in [-0.3, -0.25) is 0 Å². The van der Waals surface area contributed by atoms with Crippen LogP contribution in [0.5, 0.6) is 0 Å². The van der Waals surface area contributed by atoms with Crippen LogP contribution in [-0.4, -0.2) is 54.7 Å². The molecule has 0 amide bonds. The zero-order valence-corrected chi connectivity index (χ0v) is 14.1. The molecule has 0 fully saturated rings. The van der Waals surface area contributed by atoms with Gasteiger partial charge in [0.2, 0.25) is 0 Å². The zero-order chi connectivity index (χ0) is 14.9. The molecule has 0 spiro atoms. The van der Waals surface area contributed by atoms with Crippen molar-refractivity contribution < 1.29 is 8.42 Å². The number of nitrogens with zero attached hydrogens (tertiary/aromatic N) is 4. The number of rotatable bonds is 5. The van der Waals surface area contributed by atoms with Crippen LogP contribution in [0.25, 0.3) is 10.3 Å². The molecule has 2 heterocycles. The summed E-state index contributed by atoms with van der Waals surface area (Å²) >= 11 is 3.08. The minimum absolute atomic E-state index is 0.0865. The Kier molecular flexibility index (Phi) is 4.50. The summed E-state index contributed by atoms with van der Waals surface area (Å²) in [7, 11) is -1.19. The van der Waals surface area contributed by atoms with Crippen molar-refractivity contribution in [3.63, 3.8) is 0 Å². The molecule has 2 aromatic rings. The van der Waals surface area contributed by atoms with E-state index in [0.717, 1.165) is 14.9 Å². The molecule has 20 heavy (non-hydrogen) atoms. The number of hydrogen-bond acceptors (Lipinski definition) is 8. The first kappa shape index (κ1) is 15.5. The number of aromatic nitrogens is 3. The summed E-state index contributed by atoms with van der Waals surface area (Å²) in [5.41, 5.74) is 0.655. The Hall–Kier alpha value is -0.930. The second kappa shape index (κ2) is 5.82. The maximum Gasteiger partial charge on any atom is 0.176 e. The van der Waals surface area contributed by atoms with Gasteiger partial charge in [0.05, 0.1) is 5.75 Å². The number of sulfone groups is 1. The number of hydrogen-bond donors (Lipinski definition) is 0. The lowest BCUT2D eigenvalue weighted by atomic mass is 10.3. The minimum atomic E-state index is -3.03. The lowest BCUT2D eigenvalue weighted by Crippen LogP contribution is -2.35. The molecule has 0 saturated heterocycles. The monoisotopic (exact) mass is 332 g/mol. The number of fused-ring (bicyclic) bond motifs is 1. The smallest absolute Gasteiger partial charge is 0.176 e. The van der Waals surface area contributed by atoms with E-state index in [-0.39, 0.29) is 11.8 Å². The average Bonchev–Trinajstić information content (AvgIpc) is 2.78. The summed E-state index contributed by atoms with van der Waals surface area (Å²) in [6, 6.07) is -0.164. The van der Waals surface area contributed by atoms with Gasteiger partial charge in [-0.15, -0.1) is 11.3 Å². The first-order valence-corrected chi connectivity index (χ1v) is 9.98. The molecule has 1 atom stereocenters. The highest BCUT2D eigenvalue weighted by atomic mass is 32.2. The van der Waals surface area contributed by atoms with Gasteiger partial charge in [0, 0.05) is 19.3 Å². The van der Waals surface area contributed by atoms with Crippen molar-refractivity contribution in [3.05, 3.63) is 6.33 Å². The van der Waals surface area contributed by atoms with Crippen LogP contribution in [0.15, 0.2) is 10.7 Å². The molecule has 0 aliphatic heterocycles. The third-order valence-electron chi connectivity index (χ3n) is 2.87. The highest BCUT2D eigenvalue weighted by Gasteiger charge is 2.20. The van der Waals surface area contributed by atoms with Crippen LogP contribution in [0, 0.1) is 0 Å². The Bertz CT molecular complexity index is 714. The summed E-state index contributed by atoms with van der Waals surface area (Å²) < 4.78 is 24.6. The maximum atomic E-state index is 11.4. The molecule has 0 aliphatic carbocycles. The van der Waals surface area contributed by atoms with Crippen molar-refractivity contribution in [2.24, 2.45) is 0 Å². The Morgan fingerprint density at radius 3 is 2.75 bits per heavy atom. The van der Waals surface area contributed by atoms with E-state index in [1.54, 1.807) is 11.8 Å². The largest absolute Gasteiger partial charge is 0.355 e. The van der Waals surface area contributed by atoms with E-state index >= 15 is 0 Å². The predicted molar refractivity (Wildman–Crippen MR) is 84.6 cm³/mol. The molecule has 2 aromatic heterocycles. The minimum Gasteiger partial charge on any atom is -0.355 e. The molecule has 0 aliphatic rings. The van der Waals surface area contributed by atoms with Gasteiger partial charge in [-0.25, -0.2) is 23.4 Å².